The molecule has 1 rings (SSSR count). The minimum absolute atomic E-state index is 0. The summed E-state index contributed by atoms with van der Waals surface area (Å²) in [6.45, 7) is 14.2. The lowest BCUT2D eigenvalue weighted by Gasteiger charge is -2.21. The molecule has 24 heavy (non-hydrogen) atoms. The van der Waals surface area contributed by atoms with E-state index in [0.717, 1.165) is 29.9 Å². The van der Waals surface area contributed by atoms with Gasteiger partial charge in [0.15, 0.2) is 0 Å². The summed E-state index contributed by atoms with van der Waals surface area (Å²) in [6.07, 6.45) is 1.26. The molecule has 5 nitrogen and oxygen atoms in total. The molecular weight excluding hydrogens is 324 g/mol. The van der Waals surface area contributed by atoms with E-state index in [4.69, 9.17) is 5.73 Å². The second kappa shape index (κ2) is 10.0. The summed E-state index contributed by atoms with van der Waals surface area (Å²) < 4.78 is 2.03. The number of amides is 1. The van der Waals surface area contributed by atoms with E-state index in [9.17, 15) is 4.79 Å². The Hall–Kier alpha value is -1.07. The maximum atomic E-state index is 12.5. The number of aromatic nitrogens is 2. The largest absolute Gasteiger partial charge is 0.345 e. The molecule has 0 aliphatic carbocycles. The smallest absolute Gasteiger partial charge is 0.226 e. The molecule has 0 aliphatic rings. The second-order valence-corrected chi connectivity index (χ2v) is 7.41. The van der Waals surface area contributed by atoms with Crippen molar-refractivity contribution >= 4 is 18.3 Å². The van der Waals surface area contributed by atoms with E-state index in [-0.39, 0.29) is 24.4 Å². The topological polar surface area (TPSA) is 64.2 Å². The minimum Gasteiger partial charge on any atom is -0.345 e. The van der Waals surface area contributed by atoms with Crippen LogP contribution in [-0.2, 0) is 17.8 Å². The van der Waals surface area contributed by atoms with Crippen LogP contribution in [0, 0.1) is 25.7 Å². The van der Waals surface area contributed by atoms with E-state index in [1.165, 1.54) is 0 Å². The first kappa shape index (κ1) is 22.9. The normalized spacial score (nSPS) is 12.4. The lowest BCUT2D eigenvalue weighted by atomic mass is 10.0. The molecule has 0 bridgehead atoms. The molecule has 0 aromatic carbocycles. The van der Waals surface area contributed by atoms with E-state index in [2.05, 4.69) is 39.7 Å². The molecule has 6 heteroatoms. The van der Waals surface area contributed by atoms with E-state index >= 15 is 0 Å². The van der Waals surface area contributed by atoms with Crippen LogP contribution in [0.3, 0.4) is 0 Å². The summed E-state index contributed by atoms with van der Waals surface area (Å²) >= 11 is 0. The van der Waals surface area contributed by atoms with Gasteiger partial charge in [-0.15, -0.1) is 12.4 Å². The molecule has 1 aromatic heterocycles. The van der Waals surface area contributed by atoms with E-state index < -0.39 is 0 Å². The van der Waals surface area contributed by atoms with Gasteiger partial charge in [-0.2, -0.15) is 5.10 Å². The average Bonchev–Trinajstić information content (AvgIpc) is 2.70. The summed E-state index contributed by atoms with van der Waals surface area (Å²) in [5.41, 5.74) is 9.20. The number of likely N-dealkylation sites (N-methyl/N-ethyl adjacent to an activating group) is 1. The number of rotatable bonds is 8. The molecule has 0 fully saturated rings. The third-order valence-corrected chi connectivity index (χ3v) is 4.48. The lowest BCUT2D eigenvalue weighted by Crippen LogP contribution is -2.35. The summed E-state index contributed by atoms with van der Waals surface area (Å²) in [5, 5.41) is 4.59. The molecule has 0 radical (unpaired) electrons. The first-order valence-corrected chi connectivity index (χ1v) is 8.65. The Kier molecular flexibility index (Phi) is 9.59. The quantitative estimate of drug-likeness (QED) is 0.777. The van der Waals surface area contributed by atoms with Gasteiger partial charge in [0.2, 0.25) is 5.91 Å². The molecule has 0 saturated heterocycles. The molecule has 1 heterocycles. The fourth-order valence-corrected chi connectivity index (χ4v) is 2.60. The number of aryl methyl sites for hydroxylation is 1. The average molecular weight is 359 g/mol. The number of nitrogens with zero attached hydrogens (tertiary/aromatic N) is 3. The Morgan fingerprint density at radius 3 is 2.33 bits per heavy atom. The third kappa shape index (κ3) is 6.44. The zero-order chi connectivity index (χ0) is 17.7. The van der Waals surface area contributed by atoms with Gasteiger partial charge in [-0.05, 0) is 32.1 Å². The zero-order valence-electron chi connectivity index (χ0n) is 16.3. The van der Waals surface area contributed by atoms with Gasteiger partial charge in [0.05, 0.1) is 12.1 Å². The SMILES string of the molecule is Cc1nn(CC(C)C)c(C)c1CC(=O)N(C)CCC(N)C(C)C.Cl. The van der Waals surface area contributed by atoms with Gasteiger partial charge in [0.1, 0.15) is 0 Å². The molecule has 0 spiro atoms. The number of carbonyl (C=O) groups is 1. The minimum atomic E-state index is 0. The van der Waals surface area contributed by atoms with Crippen molar-refractivity contribution in [1.29, 1.82) is 0 Å². The van der Waals surface area contributed by atoms with E-state index in [1.807, 2.05) is 18.7 Å². The van der Waals surface area contributed by atoms with Crippen molar-refractivity contribution in [2.45, 2.75) is 67.0 Å². The lowest BCUT2D eigenvalue weighted by molar-refractivity contribution is -0.129. The number of hydrogen-bond donors (Lipinski definition) is 1. The Balaban J connectivity index is 0.00000529. The van der Waals surface area contributed by atoms with Crippen LogP contribution in [0.5, 0.6) is 0 Å². The first-order valence-electron chi connectivity index (χ1n) is 8.65. The molecule has 140 valence electrons. The Morgan fingerprint density at radius 2 is 1.83 bits per heavy atom. The summed E-state index contributed by atoms with van der Waals surface area (Å²) in [6, 6.07) is 0.141. The van der Waals surface area contributed by atoms with Crippen molar-refractivity contribution in [3.05, 3.63) is 17.0 Å². The van der Waals surface area contributed by atoms with Gasteiger partial charge in [0, 0.05) is 37.4 Å². The van der Waals surface area contributed by atoms with Crippen molar-refractivity contribution in [1.82, 2.24) is 14.7 Å². The Morgan fingerprint density at radius 1 is 1.25 bits per heavy atom. The number of hydrogen-bond acceptors (Lipinski definition) is 3. The number of carbonyl (C=O) groups excluding carboxylic acids is 1. The van der Waals surface area contributed by atoms with Crippen molar-refractivity contribution in [3.8, 4) is 0 Å². The molecule has 0 saturated carbocycles. The Bertz CT molecular complexity index is 525. The molecule has 1 atom stereocenters. The zero-order valence-corrected chi connectivity index (χ0v) is 17.1. The van der Waals surface area contributed by atoms with Crippen LogP contribution in [0.1, 0.15) is 51.1 Å². The van der Waals surface area contributed by atoms with Crippen molar-refractivity contribution in [2.24, 2.45) is 17.6 Å². The molecule has 2 N–H and O–H groups in total. The molecule has 1 amide bonds. The third-order valence-electron chi connectivity index (χ3n) is 4.48. The monoisotopic (exact) mass is 358 g/mol. The van der Waals surface area contributed by atoms with Crippen LogP contribution in [0.25, 0.3) is 0 Å². The predicted octanol–water partition coefficient (Wildman–Crippen LogP) is 2.95. The van der Waals surface area contributed by atoms with Crippen molar-refractivity contribution in [2.75, 3.05) is 13.6 Å². The van der Waals surface area contributed by atoms with Crippen LogP contribution in [0.4, 0.5) is 0 Å². The van der Waals surface area contributed by atoms with Gasteiger partial charge in [-0.1, -0.05) is 27.7 Å². The highest BCUT2D eigenvalue weighted by Gasteiger charge is 2.18. The standard InChI is InChI=1S/C18H34N4O.ClH/c1-12(2)11-22-15(6)16(14(5)20-22)10-18(23)21(7)9-8-17(19)13(3)4;/h12-13,17H,8-11,19H2,1-7H3;1H. The fourth-order valence-electron chi connectivity index (χ4n) is 2.60. The van der Waals surface area contributed by atoms with Crippen molar-refractivity contribution in [3.63, 3.8) is 0 Å². The van der Waals surface area contributed by atoms with Crippen LogP contribution >= 0.6 is 12.4 Å². The fraction of sp³-hybridized carbons (Fsp3) is 0.778. The number of halogens is 1. The highest BCUT2D eigenvalue weighted by Crippen LogP contribution is 2.16. The van der Waals surface area contributed by atoms with Crippen LogP contribution in [-0.4, -0.2) is 40.2 Å². The summed E-state index contributed by atoms with van der Waals surface area (Å²) in [5.74, 6) is 1.12. The molecule has 1 unspecified atom stereocenters. The van der Waals surface area contributed by atoms with Crippen LogP contribution in [0.15, 0.2) is 0 Å². The highest BCUT2D eigenvalue weighted by atomic mass is 35.5. The maximum absolute atomic E-state index is 12.5. The van der Waals surface area contributed by atoms with Crippen LogP contribution < -0.4 is 5.73 Å². The summed E-state index contributed by atoms with van der Waals surface area (Å²) in [7, 11) is 1.86. The van der Waals surface area contributed by atoms with Gasteiger partial charge < -0.3 is 10.6 Å². The molecular formula is C18H35ClN4O. The van der Waals surface area contributed by atoms with Gasteiger partial charge in [-0.3, -0.25) is 9.48 Å². The van der Waals surface area contributed by atoms with Gasteiger partial charge >= 0.3 is 0 Å². The van der Waals surface area contributed by atoms with E-state index in [0.29, 0.717) is 24.8 Å². The first-order chi connectivity index (χ1) is 10.6. The second-order valence-electron chi connectivity index (χ2n) is 7.41. The van der Waals surface area contributed by atoms with E-state index in [1.54, 1.807) is 4.90 Å². The molecule has 1 aromatic rings. The van der Waals surface area contributed by atoms with Gasteiger partial charge in [0.25, 0.3) is 0 Å². The number of nitrogens with two attached hydrogens (primary N) is 1. The van der Waals surface area contributed by atoms with Crippen molar-refractivity contribution < 1.29 is 4.79 Å². The highest BCUT2D eigenvalue weighted by molar-refractivity contribution is 5.85. The predicted molar refractivity (Wildman–Crippen MR) is 103 cm³/mol. The van der Waals surface area contributed by atoms with Crippen LogP contribution in [0.2, 0.25) is 0 Å². The summed E-state index contributed by atoms with van der Waals surface area (Å²) in [4.78, 5) is 14.3. The maximum Gasteiger partial charge on any atom is 0.226 e. The molecule has 0 aliphatic heterocycles. The van der Waals surface area contributed by atoms with Gasteiger partial charge in [-0.25, -0.2) is 0 Å². The Labute approximate surface area is 153 Å².